The third kappa shape index (κ3) is 10.1. The Morgan fingerprint density at radius 1 is 1.00 bits per heavy atom. The summed E-state index contributed by atoms with van der Waals surface area (Å²) in [5, 5.41) is 6.56. The SMILES string of the molecule is CCCCOCCOCCNC(=NC)NCc1ccccc1COC. The molecule has 0 saturated heterocycles. The molecule has 0 aliphatic rings. The van der Waals surface area contributed by atoms with Gasteiger partial charge in [0.05, 0.1) is 26.4 Å². The molecule has 6 heteroatoms. The number of unbranched alkanes of at least 4 members (excludes halogenated alkanes) is 1. The van der Waals surface area contributed by atoms with E-state index in [0.29, 0.717) is 39.5 Å². The first-order valence-corrected chi connectivity index (χ1v) is 8.97. The molecule has 0 radical (unpaired) electrons. The molecule has 2 N–H and O–H groups in total. The third-order valence-corrected chi connectivity index (χ3v) is 3.64. The molecule has 1 aromatic carbocycles. The van der Waals surface area contributed by atoms with Crippen LogP contribution in [-0.4, -0.2) is 53.1 Å². The Hall–Kier alpha value is -1.63. The predicted molar refractivity (Wildman–Crippen MR) is 102 cm³/mol. The van der Waals surface area contributed by atoms with Crippen molar-refractivity contribution in [2.75, 3.05) is 47.1 Å². The molecule has 25 heavy (non-hydrogen) atoms. The molecule has 6 nitrogen and oxygen atoms in total. The lowest BCUT2D eigenvalue weighted by Gasteiger charge is -2.14. The van der Waals surface area contributed by atoms with Gasteiger partial charge in [-0.3, -0.25) is 4.99 Å². The van der Waals surface area contributed by atoms with Crippen molar-refractivity contribution in [3.05, 3.63) is 35.4 Å². The quantitative estimate of drug-likeness (QED) is 0.324. The van der Waals surface area contributed by atoms with Crippen LogP contribution in [0.3, 0.4) is 0 Å². The predicted octanol–water partition coefficient (Wildman–Crippen LogP) is 2.33. The summed E-state index contributed by atoms with van der Waals surface area (Å²) in [7, 11) is 3.47. The first kappa shape index (κ1) is 21.4. The van der Waals surface area contributed by atoms with Gasteiger partial charge < -0.3 is 24.8 Å². The van der Waals surface area contributed by atoms with E-state index in [0.717, 1.165) is 25.4 Å². The Bertz CT molecular complexity index is 481. The molecule has 0 bridgehead atoms. The summed E-state index contributed by atoms with van der Waals surface area (Å²) >= 11 is 0. The molecule has 0 aromatic heterocycles. The Balaban J connectivity index is 2.17. The van der Waals surface area contributed by atoms with Gasteiger partial charge in [0, 0.05) is 33.9 Å². The summed E-state index contributed by atoms with van der Waals surface area (Å²) in [5.74, 6) is 0.759. The highest BCUT2D eigenvalue weighted by Gasteiger charge is 2.03. The molecule has 0 fully saturated rings. The number of hydrogen-bond donors (Lipinski definition) is 2. The summed E-state index contributed by atoms with van der Waals surface area (Å²) < 4.78 is 16.2. The van der Waals surface area contributed by atoms with E-state index in [1.807, 2.05) is 12.1 Å². The monoisotopic (exact) mass is 351 g/mol. The van der Waals surface area contributed by atoms with Crippen LogP contribution in [0.25, 0.3) is 0 Å². The molecule has 0 heterocycles. The Morgan fingerprint density at radius 2 is 1.72 bits per heavy atom. The maximum Gasteiger partial charge on any atom is 0.191 e. The van der Waals surface area contributed by atoms with Crippen LogP contribution in [-0.2, 0) is 27.4 Å². The van der Waals surface area contributed by atoms with Gasteiger partial charge >= 0.3 is 0 Å². The fourth-order valence-electron chi connectivity index (χ4n) is 2.24. The first-order valence-electron chi connectivity index (χ1n) is 8.97. The maximum atomic E-state index is 5.54. The van der Waals surface area contributed by atoms with Crippen LogP contribution in [0.4, 0.5) is 0 Å². The number of aliphatic imine (C=N–C) groups is 1. The average molecular weight is 351 g/mol. The number of hydrogen-bond acceptors (Lipinski definition) is 4. The Kier molecular flexibility index (Phi) is 12.6. The summed E-state index contributed by atoms with van der Waals surface area (Å²) in [6.07, 6.45) is 2.27. The lowest BCUT2D eigenvalue weighted by atomic mass is 10.1. The molecule has 0 aliphatic heterocycles. The highest BCUT2D eigenvalue weighted by Crippen LogP contribution is 2.09. The van der Waals surface area contributed by atoms with Crippen LogP contribution < -0.4 is 10.6 Å². The highest BCUT2D eigenvalue weighted by molar-refractivity contribution is 5.79. The Labute approximate surface area is 152 Å². The number of nitrogens with one attached hydrogen (secondary N) is 2. The fraction of sp³-hybridized carbons (Fsp3) is 0.632. The van der Waals surface area contributed by atoms with Gasteiger partial charge in [-0.1, -0.05) is 37.6 Å². The van der Waals surface area contributed by atoms with Crippen LogP contribution >= 0.6 is 0 Å². The standard InChI is InChI=1S/C19H33N3O3/c1-4-5-11-24-13-14-25-12-10-21-19(20-2)22-15-17-8-6-7-9-18(17)16-23-3/h6-9H,4-5,10-16H2,1-3H3,(H2,20,21,22). The van der Waals surface area contributed by atoms with Crippen LogP contribution in [0.2, 0.25) is 0 Å². The second-order valence-corrected chi connectivity index (χ2v) is 5.63. The largest absolute Gasteiger partial charge is 0.380 e. The molecule has 1 aromatic rings. The van der Waals surface area contributed by atoms with E-state index >= 15 is 0 Å². The molecule has 0 aliphatic carbocycles. The van der Waals surface area contributed by atoms with E-state index in [9.17, 15) is 0 Å². The van der Waals surface area contributed by atoms with Crippen molar-refractivity contribution in [3.63, 3.8) is 0 Å². The lowest BCUT2D eigenvalue weighted by molar-refractivity contribution is 0.0487. The second-order valence-electron chi connectivity index (χ2n) is 5.63. The maximum absolute atomic E-state index is 5.54. The summed E-state index contributed by atoms with van der Waals surface area (Å²) in [6.45, 7) is 6.89. The average Bonchev–Trinajstić information content (AvgIpc) is 2.64. The second kappa shape index (κ2) is 14.7. The number of methoxy groups -OCH3 is 1. The first-order chi connectivity index (χ1) is 12.3. The molecule has 0 spiro atoms. The van der Waals surface area contributed by atoms with Gasteiger partial charge in [0.25, 0.3) is 0 Å². The van der Waals surface area contributed by atoms with Crippen molar-refractivity contribution in [2.24, 2.45) is 4.99 Å². The number of nitrogens with zero attached hydrogens (tertiary/aromatic N) is 1. The van der Waals surface area contributed by atoms with Crippen molar-refractivity contribution in [1.29, 1.82) is 0 Å². The topological polar surface area (TPSA) is 64.1 Å². The molecular weight excluding hydrogens is 318 g/mol. The van der Waals surface area contributed by atoms with Crippen molar-refractivity contribution in [3.8, 4) is 0 Å². The molecule has 1 rings (SSSR count). The molecule has 0 unspecified atom stereocenters. The van der Waals surface area contributed by atoms with Gasteiger partial charge in [0.1, 0.15) is 0 Å². The zero-order valence-corrected chi connectivity index (χ0v) is 15.8. The lowest BCUT2D eigenvalue weighted by Crippen LogP contribution is -2.38. The van der Waals surface area contributed by atoms with Gasteiger partial charge in [0.2, 0.25) is 0 Å². The van der Waals surface area contributed by atoms with Crippen molar-refractivity contribution in [2.45, 2.75) is 32.9 Å². The number of rotatable bonds is 13. The minimum atomic E-state index is 0.609. The highest BCUT2D eigenvalue weighted by atomic mass is 16.5. The minimum absolute atomic E-state index is 0.609. The minimum Gasteiger partial charge on any atom is -0.380 e. The Morgan fingerprint density at radius 3 is 2.40 bits per heavy atom. The zero-order valence-electron chi connectivity index (χ0n) is 15.8. The van der Waals surface area contributed by atoms with E-state index < -0.39 is 0 Å². The smallest absolute Gasteiger partial charge is 0.191 e. The summed E-state index contributed by atoms with van der Waals surface area (Å²) in [4.78, 5) is 4.23. The van der Waals surface area contributed by atoms with Gasteiger partial charge in [-0.05, 0) is 17.5 Å². The van der Waals surface area contributed by atoms with Crippen molar-refractivity contribution < 1.29 is 14.2 Å². The number of guanidine groups is 1. The summed E-state index contributed by atoms with van der Waals surface area (Å²) in [5.41, 5.74) is 2.38. The van der Waals surface area contributed by atoms with Gasteiger partial charge in [-0.25, -0.2) is 0 Å². The fourth-order valence-corrected chi connectivity index (χ4v) is 2.24. The molecular formula is C19H33N3O3. The van der Waals surface area contributed by atoms with Crippen molar-refractivity contribution >= 4 is 5.96 Å². The van der Waals surface area contributed by atoms with Gasteiger partial charge in [0.15, 0.2) is 5.96 Å². The van der Waals surface area contributed by atoms with E-state index in [4.69, 9.17) is 14.2 Å². The zero-order chi connectivity index (χ0) is 18.2. The van der Waals surface area contributed by atoms with Crippen LogP contribution in [0.5, 0.6) is 0 Å². The van der Waals surface area contributed by atoms with Crippen LogP contribution in [0.1, 0.15) is 30.9 Å². The molecule has 0 amide bonds. The molecule has 0 atom stereocenters. The molecule has 142 valence electrons. The normalized spacial score (nSPS) is 11.6. The molecule has 0 saturated carbocycles. The third-order valence-electron chi connectivity index (χ3n) is 3.64. The number of ether oxygens (including phenoxy) is 3. The van der Waals surface area contributed by atoms with E-state index in [1.54, 1.807) is 14.2 Å². The number of benzene rings is 1. The van der Waals surface area contributed by atoms with Crippen LogP contribution in [0, 0.1) is 0 Å². The van der Waals surface area contributed by atoms with Crippen LogP contribution in [0.15, 0.2) is 29.3 Å². The summed E-state index contributed by atoms with van der Waals surface area (Å²) in [6, 6.07) is 8.22. The van der Waals surface area contributed by atoms with E-state index in [1.165, 1.54) is 11.1 Å². The van der Waals surface area contributed by atoms with Gasteiger partial charge in [-0.15, -0.1) is 0 Å². The van der Waals surface area contributed by atoms with E-state index in [-0.39, 0.29) is 0 Å². The van der Waals surface area contributed by atoms with Crippen molar-refractivity contribution in [1.82, 2.24) is 10.6 Å². The van der Waals surface area contributed by atoms with E-state index in [2.05, 4.69) is 34.7 Å². The van der Waals surface area contributed by atoms with Gasteiger partial charge in [-0.2, -0.15) is 0 Å².